The van der Waals surface area contributed by atoms with Crippen molar-refractivity contribution in [3.8, 4) is 6.07 Å². The Balaban J connectivity index is 1.74. The molecule has 0 atom stereocenters. The van der Waals surface area contributed by atoms with Crippen LogP contribution in [0.25, 0.3) is 0 Å². The van der Waals surface area contributed by atoms with Crippen LogP contribution >= 0.6 is 0 Å². The van der Waals surface area contributed by atoms with Crippen molar-refractivity contribution < 1.29 is 14.5 Å². The topological polar surface area (TPSA) is 134 Å². The van der Waals surface area contributed by atoms with Gasteiger partial charge in [0.25, 0.3) is 11.6 Å². The molecule has 10 heteroatoms. The van der Waals surface area contributed by atoms with Gasteiger partial charge in [0.2, 0.25) is 0 Å². The SMILES string of the molecule is N#Cc1cc([N+](=O)[O-])ccc1NC(=O)c1ccc(N2CCOCC2)nn1. The minimum Gasteiger partial charge on any atom is -0.378 e. The van der Waals surface area contributed by atoms with Crippen LogP contribution in [0.4, 0.5) is 17.2 Å². The van der Waals surface area contributed by atoms with E-state index in [-0.39, 0.29) is 22.6 Å². The lowest BCUT2D eigenvalue weighted by molar-refractivity contribution is -0.384. The number of rotatable bonds is 4. The molecule has 1 aromatic carbocycles. The van der Waals surface area contributed by atoms with Crippen LogP contribution in [0.5, 0.6) is 0 Å². The van der Waals surface area contributed by atoms with Gasteiger partial charge in [0, 0.05) is 25.2 Å². The molecular formula is C16H14N6O4. The van der Waals surface area contributed by atoms with E-state index in [9.17, 15) is 14.9 Å². The van der Waals surface area contributed by atoms with Crippen molar-refractivity contribution in [1.29, 1.82) is 5.26 Å². The molecule has 0 saturated carbocycles. The Labute approximate surface area is 148 Å². The maximum atomic E-state index is 12.3. The van der Waals surface area contributed by atoms with E-state index in [0.29, 0.717) is 32.1 Å². The highest BCUT2D eigenvalue weighted by Crippen LogP contribution is 2.22. The van der Waals surface area contributed by atoms with Gasteiger partial charge in [-0.25, -0.2) is 0 Å². The molecule has 1 aromatic heterocycles. The van der Waals surface area contributed by atoms with Gasteiger partial charge in [0.15, 0.2) is 11.5 Å². The van der Waals surface area contributed by atoms with Crippen LogP contribution in [0.3, 0.4) is 0 Å². The summed E-state index contributed by atoms with van der Waals surface area (Å²) in [7, 11) is 0. The summed E-state index contributed by atoms with van der Waals surface area (Å²) >= 11 is 0. The van der Waals surface area contributed by atoms with E-state index >= 15 is 0 Å². The number of nitrogens with zero attached hydrogens (tertiary/aromatic N) is 5. The zero-order valence-corrected chi connectivity index (χ0v) is 13.6. The van der Waals surface area contributed by atoms with Crippen molar-refractivity contribution in [2.45, 2.75) is 0 Å². The highest BCUT2D eigenvalue weighted by molar-refractivity contribution is 6.03. The third-order valence-electron chi connectivity index (χ3n) is 3.80. The van der Waals surface area contributed by atoms with Crippen LogP contribution in [0.2, 0.25) is 0 Å². The van der Waals surface area contributed by atoms with Crippen molar-refractivity contribution in [3.05, 3.63) is 51.7 Å². The summed E-state index contributed by atoms with van der Waals surface area (Å²) in [6, 6.07) is 8.67. The van der Waals surface area contributed by atoms with Crippen LogP contribution in [0, 0.1) is 21.4 Å². The lowest BCUT2D eigenvalue weighted by Gasteiger charge is -2.27. The molecule has 0 unspecified atom stereocenters. The maximum absolute atomic E-state index is 12.3. The minimum atomic E-state index is -0.609. The van der Waals surface area contributed by atoms with E-state index in [2.05, 4.69) is 15.5 Å². The molecule has 1 saturated heterocycles. The quantitative estimate of drug-likeness (QED) is 0.642. The summed E-state index contributed by atoms with van der Waals surface area (Å²) in [6.45, 7) is 2.63. The number of carbonyl (C=O) groups is 1. The zero-order chi connectivity index (χ0) is 18.5. The Hall–Kier alpha value is -3.58. The van der Waals surface area contributed by atoms with E-state index in [1.54, 1.807) is 6.07 Å². The molecule has 0 spiro atoms. The molecule has 0 bridgehead atoms. The Bertz CT molecular complexity index is 871. The van der Waals surface area contributed by atoms with Gasteiger partial charge < -0.3 is 15.0 Å². The van der Waals surface area contributed by atoms with Gasteiger partial charge in [-0.2, -0.15) is 5.26 Å². The second kappa shape index (κ2) is 7.54. The number of nitro benzene ring substituents is 1. The number of ether oxygens (including phenoxy) is 1. The van der Waals surface area contributed by atoms with Gasteiger partial charge in [-0.15, -0.1) is 10.2 Å². The Morgan fingerprint density at radius 1 is 1.27 bits per heavy atom. The van der Waals surface area contributed by atoms with Crippen LogP contribution in [-0.2, 0) is 4.74 Å². The van der Waals surface area contributed by atoms with E-state index in [1.165, 1.54) is 18.2 Å². The molecule has 1 amide bonds. The van der Waals surface area contributed by atoms with Crippen LogP contribution in [-0.4, -0.2) is 47.3 Å². The molecule has 1 N–H and O–H groups in total. The summed E-state index contributed by atoms with van der Waals surface area (Å²) < 4.78 is 5.27. The number of non-ortho nitro benzene ring substituents is 1. The number of morpholine rings is 1. The Kier molecular flexibility index (Phi) is 5.00. The van der Waals surface area contributed by atoms with E-state index in [0.717, 1.165) is 6.07 Å². The van der Waals surface area contributed by atoms with E-state index in [4.69, 9.17) is 10.00 Å². The molecule has 1 fully saturated rings. The number of nitriles is 1. The molecule has 0 aliphatic carbocycles. The van der Waals surface area contributed by atoms with Crippen LogP contribution < -0.4 is 10.2 Å². The number of nitrogens with one attached hydrogen (secondary N) is 1. The van der Waals surface area contributed by atoms with Crippen molar-refractivity contribution in [1.82, 2.24) is 10.2 Å². The molecule has 1 aliphatic heterocycles. The van der Waals surface area contributed by atoms with E-state index < -0.39 is 10.8 Å². The summed E-state index contributed by atoms with van der Waals surface area (Å²) in [5, 5.41) is 30.4. The smallest absolute Gasteiger partial charge is 0.276 e. The van der Waals surface area contributed by atoms with Crippen molar-refractivity contribution in [2.75, 3.05) is 36.5 Å². The number of hydrogen-bond acceptors (Lipinski definition) is 8. The first-order valence-corrected chi connectivity index (χ1v) is 7.75. The van der Waals surface area contributed by atoms with Crippen molar-refractivity contribution in [2.24, 2.45) is 0 Å². The lowest BCUT2D eigenvalue weighted by atomic mass is 10.1. The number of benzene rings is 1. The molecule has 2 heterocycles. The lowest BCUT2D eigenvalue weighted by Crippen LogP contribution is -2.37. The average Bonchev–Trinajstić information content (AvgIpc) is 2.69. The number of amides is 1. The average molecular weight is 354 g/mol. The summed E-state index contributed by atoms with van der Waals surface area (Å²) in [5.74, 6) is 0.0919. The second-order valence-electron chi connectivity index (χ2n) is 5.43. The zero-order valence-electron chi connectivity index (χ0n) is 13.6. The molecule has 0 radical (unpaired) electrons. The number of hydrogen-bond donors (Lipinski definition) is 1. The van der Waals surface area contributed by atoms with Gasteiger partial charge in [-0.05, 0) is 18.2 Å². The van der Waals surface area contributed by atoms with Gasteiger partial charge in [-0.1, -0.05) is 0 Å². The summed E-state index contributed by atoms with van der Waals surface area (Å²) in [5.41, 5.74) is 0.00561. The second-order valence-corrected chi connectivity index (χ2v) is 5.43. The Morgan fingerprint density at radius 2 is 2.04 bits per heavy atom. The minimum absolute atomic E-state index is 0.00885. The largest absolute Gasteiger partial charge is 0.378 e. The predicted molar refractivity (Wildman–Crippen MR) is 90.8 cm³/mol. The molecule has 2 aromatic rings. The molecule has 3 rings (SSSR count). The third-order valence-corrected chi connectivity index (χ3v) is 3.80. The highest BCUT2D eigenvalue weighted by atomic mass is 16.6. The van der Waals surface area contributed by atoms with Crippen LogP contribution in [0.15, 0.2) is 30.3 Å². The fourth-order valence-electron chi connectivity index (χ4n) is 2.44. The number of nitro groups is 1. The number of carbonyl (C=O) groups excluding carboxylic acids is 1. The van der Waals surface area contributed by atoms with E-state index in [1.807, 2.05) is 11.0 Å². The summed E-state index contributed by atoms with van der Waals surface area (Å²) in [4.78, 5) is 24.5. The third kappa shape index (κ3) is 3.73. The predicted octanol–water partition coefficient (Wildman–Crippen LogP) is 1.35. The van der Waals surface area contributed by atoms with Gasteiger partial charge in [0.05, 0.1) is 29.4 Å². The highest BCUT2D eigenvalue weighted by Gasteiger charge is 2.17. The molecule has 1 aliphatic rings. The molecule has 10 nitrogen and oxygen atoms in total. The number of aromatic nitrogens is 2. The monoisotopic (exact) mass is 354 g/mol. The van der Waals surface area contributed by atoms with Crippen LogP contribution in [0.1, 0.15) is 16.1 Å². The van der Waals surface area contributed by atoms with Crippen molar-refractivity contribution >= 4 is 23.1 Å². The van der Waals surface area contributed by atoms with Crippen molar-refractivity contribution in [3.63, 3.8) is 0 Å². The first kappa shape index (κ1) is 17.2. The standard InChI is InChI=1S/C16H14N6O4/c17-10-11-9-12(22(24)25)1-2-13(11)18-16(23)14-3-4-15(20-19-14)21-5-7-26-8-6-21/h1-4,9H,5-8H2,(H,18,23). The van der Waals surface area contributed by atoms with Gasteiger partial charge >= 0.3 is 0 Å². The molecule has 26 heavy (non-hydrogen) atoms. The first-order valence-electron chi connectivity index (χ1n) is 7.75. The fourth-order valence-corrected chi connectivity index (χ4v) is 2.44. The fraction of sp³-hybridized carbons (Fsp3) is 0.250. The number of anilines is 2. The first-order chi connectivity index (χ1) is 12.6. The Morgan fingerprint density at radius 3 is 2.65 bits per heavy atom. The summed E-state index contributed by atoms with van der Waals surface area (Å²) in [6.07, 6.45) is 0. The molecule has 132 valence electrons. The van der Waals surface area contributed by atoms with Gasteiger partial charge in [-0.3, -0.25) is 14.9 Å². The normalized spacial score (nSPS) is 13.7. The van der Waals surface area contributed by atoms with Gasteiger partial charge in [0.1, 0.15) is 6.07 Å². The maximum Gasteiger partial charge on any atom is 0.276 e. The molecular weight excluding hydrogens is 340 g/mol.